The van der Waals surface area contributed by atoms with Crippen LogP contribution in [0.3, 0.4) is 0 Å². The van der Waals surface area contributed by atoms with E-state index in [9.17, 15) is 0 Å². The molecule has 0 amide bonds. The molecule has 1 fully saturated rings. The van der Waals surface area contributed by atoms with E-state index in [4.69, 9.17) is 4.74 Å². The van der Waals surface area contributed by atoms with Crippen LogP contribution in [-0.2, 0) is 6.54 Å². The molecule has 5 heteroatoms. The van der Waals surface area contributed by atoms with Crippen LogP contribution < -0.4 is 10.1 Å². The summed E-state index contributed by atoms with van der Waals surface area (Å²) in [6.45, 7) is 2.96. The zero-order valence-corrected chi connectivity index (χ0v) is 11.2. The highest BCUT2D eigenvalue weighted by Gasteiger charge is 2.16. The Balaban J connectivity index is 1.87. The van der Waals surface area contributed by atoms with Crippen LogP contribution in [0.25, 0.3) is 0 Å². The summed E-state index contributed by atoms with van der Waals surface area (Å²) >= 11 is 0. The van der Waals surface area contributed by atoms with Gasteiger partial charge in [0.25, 0.3) is 0 Å². The zero-order chi connectivity index (χ0) is 12.8. The topological polar surface area (TPSA) is 50.3 Å². The number of aromatic nitrogens is 2. The number of hydrogen-bond donors (Lipinski definition) is 1. The third kappa shape index (κ3) is 3.65. The molecule has 1 aromatic heterocycles. The first-order chi connectivity index (χ1) is 8.79. The zero-order valence-electron chi connectivity index (χ0n) is 11.2. The predicted molar refractivity (Wildman–Crippen MR) is 70.6 cm³/mol. The van der Waals surface area contributed by atoms with Gasteiger partial charge in [-0.2, -0.15) is 0 Å². The van der Waals surface area contributed by atoms with Gasteiger partial charge < -0.3 is 10.1 Å². The maximum atomic E-state index is 5.22. The average Bonchev–Trinajstić information content (AvgIpc) is 2.40. The van der Waals surface area contributed by atoms with Crippen molar-refractivity contribution >= 4 is 0 Å². The number of ether oxygens (including phenoxy) is 1. The second-order valence-corrected chi connectivity index (χ2v) is 4.86. The van der Waals surface area contributed by atoms with Crippen molar-refractivity contribution in [3.05, 3.63) is 18.1 Å². The molecule has 2 rings (SSSR count). The van der Waals surface area contributed by atoms with Crippen molar-refractivity contribution < 1.29 is 4.74 Å². The summed E-state index contributed by atoms with van der Waals surface area (Å²) in [6.07, 6.45) is 7.27. The van der Waals surface area contributed by atoms with E-state index in [1.165, 1.54) is 19.3 Å². The molecule has 0 bridgehead atoms. The molecular formula is C13H22N4O. The van der Waals surface area contributed by atoms with E-state index >= 15 is 0 Å². The van der Waals surface area contributed by atoms with Gasteiger partial charge in [0, 0.05) is 31.5 Å². The van der Waals surface area contributed by atoms with Crippen LogP contribution in [-0.4, -0.2) is 48.2 Å². The standard InChI is InChI=1S/C13H22N4O/c1-17(9-11-5-3-4-6-14-11)10-12-13(18-2)16-8-7-15-12/h7-8,11,14H,3-6,9-10H2,1-2H3/t11-/m1/s1. The number of hydrogen-bond acceptors (Lipinski definition) is 5. The summed E-state index contributed by atoms with van der Waals surface area (Å²) in [7, 11) is 3.75. The maximum absolute atomic E-state index is 5.22. The van der Waals surface area contributed by atoms with E-state index in [0.29, 0.717) is 11.9 Å². The fourth-order valence-electron chi connectivity index (χ4n) is 2.41. The normalized spacial score (nSPS) is 20.1. The van der Waals surface area contributed by atoms with Gasteiger partial charge in [0.15, 0.2) is 0 Å². The summed E-state index contributed by atoms with van der Waals surface area (Å²) in [4.78, 5) is 10.8. The molecule has 100 valence electrons. The summed E-state index contributed by atoms with van der Waals surface area (Å²) in [5, 5.41) is 3.56. The van der Waals surface area contributed by atoms with Crippen molar-refractivity contribution in [2.45, 2.75) is 31.8 Å². The van der Waals surface area contributed by atoms with E-state index in [1.54, 1.807) is 19.5 Å². The van der Waals surface area contributed by atoms with Crippen molar-refractivity contribution in [1.82, 2.24) is 20.2 Å². The Labute approximate surface area is 109 Å². The lowest BCUT2D eigenvalue weighted by atomic mass is 10.0. The molecule has 0 aromatic carbocycles. The number of rotatable bonds is 5. The highest BCUT2D eigenvalue weighted by molar-refractivity contribution is 5.16. The van der Waals surface area contributed by atoms with Crippen molar-refractivity contribution in [3.63, 3.8) is 0 Å². The van der Waals surface area contributed by atoms with E-state index in [1.807, 2.05) is 0 Å². The van der Waals surface area contributed by atoms with Crippen LogP contribution in [0.4, 0.5) is 0 Å². The van der Waals surface area contributed by atoms with E-state index in [0.717, 1.165) is 25.3 Å². The maximum Gasteiger partial charge on any atom is 0.236 e. The van der Waals surface area contributed by atoms with Crippen molar-refractivity contribution in [3.8, 4) is 5.88 Å². The second kappa shape index (κ2) is 6.66. The molecule has 2 heterocycles. The minimum Gasteiger partial charge on any atom is -0.480 e. The third-order valence-corrected chi connectivity index (χ3v) is 3.29. The number of likely N-dealkylation sites (N-methyl/N-ethyl adjacent to an activating group) is 1. The first-order valence-electron chi connectivity index (χ1n) is 6.55. The van der Waals surface area contributed by atoms with E-state index in [-0.39, 0.29) is 0 Å². The Bertz CT molecular complexity index is 366. The van der Waals surface area contributed by atoms with Gasteiger partial charge in [-0.1, -0.05) is 6.42 Å². The summed E-state index contributed by atoms with van der Waals surface area (Å²) < 4.78 is 5.22. The van der Waals surface area contributed by atoms with Crippen LogP contribution in [0.2, 0.25) is 0 Å². The molecule has 0 saturated carbocycles. The number of nitrogens with zero attached hydrogens (tertiary/aromatic N) is 3. The monoisotopic (exact) mass is 250 g/mol. The van der Waals surface area contributed by atoms with Gasteiger partial charge in [0.05, 0.1) is 7.11 Å². The van der Waals surface area contributed by atoms with Crippen LogP contribution in [0.5, 0.6) is 5.88 Å². The van der Waals surface area contributed by atoms with Crippen molar-refractivity contribution in [2.75, 3.05) is 27.2 Å². The Kier molecular flexibility index (Phi) is 4.90. The molecule has 0 radical (unpaired) electrons. The molecule has 1 atom stereocenters. The molecule has 1 aliphatic heterocycles. The molecule has 1 aromatic rings. The van der Waals surface area contributed by atoms with Gasteiger partial charge in [-0.15, -0.1) is 0 Å². The Hall–Kier alpha value is -1.20. The average molecular weight is 250 g/mol. The Morgan fingerprint density at radius 1 is 1.39 bits per heavy atom. The largest absolute Gasteiger partial charge is 0.480 e. The number of piperidine rings is 1. The molecule has 0 spiro atoms. The van der Waals surface area contributed by atoms with Crippen LogP contribution in [0.15, 0.2) is 12.4 Å². The number of nitrogens with one attached hydrogen (secondary N) is 1. The van der Waals surface area contributed by atoms with Crippen molar-refractivity contribution in [1.29, 1.82) is 0 Å². The third-order valence-electron chi connectivity index (χ3n) is 3.29. The van der Waals surface area contributed by atoms with Gasteiger partial charge in [-0.3, -0.25) is 9.88 Å². The molecule has 18 heavy (non-hydrogen) atoms. The quantitative estimate of drug-likeness (QED) is 0.847. The van der Waals surface area contributed by atoms with Gasteiger partial charge >= 0.3 is 0 Å². The predicted octanol–water partition coefficient (Wildman–Crippen LogP) is 1.06. The summed E-state index contributed by atoms with van der Waals surface area (Å²) in [5.41, 5.74) is 0.901. The van der Waals surface area contributed by atoms with Gasteiger partial charge in [-0.25, -0.2) is 4.98 Å². The molecule has 5 nitrogen and oxygen atoms in total. The second-order valence-electron chi connectivity index (χ2n) is 4.86. The Morgan fingerprint density at radius 2 is 2.22 bits per heavy atom. The lowest BCUT2D eigenvalue weighted by Crippen LogP contribution is -2.42. The lowest BCUT2D eigenvalue weighted by Gasteiger charge is -2.28. The lowest BCUT2D eigenvalue weighted by molar-refractivity contribution is 0.250. The van der Waals surface area contributed by atoms with Crippen LogP contribution >= 0.6 is 0 Å². The van der Waals surface area contributed by atoms with Crippen LogP contribution in [0, 0.1) is 0 Å². The van der Waals surface area contributed by atoms with E-state index in [2.05, 4.69) is 27.2 Å². The fourth-order valence-corrected chi connectivity index (χ4v) is 2.41. The van der Waals surface area contributed by atoms with Crippen molar-refractivity contribution in [2.24, 2.45) is 0 Å². The summed E-state index contributed by atoms with van der Waals surface area (Å²) in [6, 6.07) is 0.603. The first-order valence-corrected chi connectivity index (χ1v) is 6.55. The SMILES string of the molecule is COc1nccnc1CN(C)C[C@H]1CCCCN1. The number of methoxy groups -OCH3 is 1. The highest BCUT2D eigenvalue weighted by Crippen LogP contribution is 2.14. The molecule has 1 N–H and O–H groups in total. The van der Waals surface area contributed by atoms with Gasteiger partial charge in [0.1, 0.15) is 5.69 Å². The minimum absolute atomic E-state index is 0.603. The smallest absolute Gasteiger partial charge is 0.236 e. The summed E-state index contributed by atoms with van der Waals surface area (Å²) in [5.74, 6) is 0.626. The minimum atomic E-state index is 0.603. The van der Waals surface area contributed by atoms with Gasteiger partial charge in [0.2, 0.25) is 5.88 Å². The molecule has 0 aliphatic carbocycles. The molecular weight excluding hydrogens is 228 g/mol. The fraction of sp³-hybridized carbons (Fsp3) is 0.692. The highest BCUT2D eigenvalue weighted by atomic mass is 16.5. The van der Waals surface area contributed by atoms with Gasteiger partial charge in [-0.05, 0) is 26.4 Å². The van der Waals surface area contributed by atoms with Crippen LogP contribution in [0.1, 0.15) is 25.0 Å². The van der Waals surface area contributed by atoms with E-state index < -0.39 is 0 Å². The Morgan fingerprint density at radius 3 is 2.94 bits per heavy atom. The molecule has 0 unspecified atom stereocenters. The first kappa shape index (κ1) is 13.2. The molecule has 1 saturated heterocycles. The molecule has 1 aliphatic rings.